The van der Waals surface area contributed by atoms with Crippen LogP contribution >= 0.6 is 0 Å². The number of carbonyl (C=O) groups is 1. The molecule has 1 saturated heterocycles. The molecule has 0 aliphatic carbocycles. The first-order valence-corrected chi connectivity index (χ1v) is 4.24. The van der Waals surface area contributed by atoms with Gasteiger partial charge in [0.15, 0.2) is 0 Å². The molecule has 1 fully saturated rings. The van der Waals surface area contributed by atoms with E-state index in [9.17, 15) is 4.79 Å². The van der Waals surface area contributed by atoms with E-state index in [-0.39, 0.29) is 5.97 Å². The monoisotopic (exact) mass is 172 g/mol. The van der Waals surface area contributed by atoms with Gasteiger partial charge in [0.25, 0.3) is 0 Å². The molecule has 0 spiro atoms. The van der Waals surface area contributed by atoms with E-state index < -0.39 is 5.41 Å². The van der Waals surface area contributed by atoms with Crippen LogP contribution in [0.1, 0.15) is 12.8 Å². The molecule has 0 amide bonds. The maximum atomic E-state index is 11.4. The van der Waals surface area contributed by atoms with Crippen molar-refractivity contribution in [3.8, 4) is 0 Å². The summed E-state index contributed by atoms with van der Waals surface area (Å²) in [5.41, 5.74) is 5.11. The Balaban J connectivity index is 2.66. The fourth-order valence-corrected chi connectivity index (χ4v) is 1.62. The predicted octanol–water partition coefficient (Wildman–Crippen LogP) is -0.512. The van der Waals surface area contributed by atoms with E-state index in [2.05, 4.69) is 5.32 Å². The van der Waals surface area contributed by atoms with Crippen molar-refractivity contribution in [2.75, 3.05) is 26.7 Å². The fourth-order valence-electron chi connectivity index (χ4n) is 1.62. The number of ether oxygens (including phenoxy) is 1. The Morgan fingerprint density at radius 3 is 2.92 bits per heavy atom. The summed E-state index contributed by atoms with van der Waals surface area (Å²) in [5.74, 6) is -0.183. The Morgan fingerprint density at radius 2 is 2.50 bits per heavy atom. The summed E-state index contributed by atoms with van der Waals surface area (Å²) in [7, 11) is 1.41. The number of piperidine rings is 1. The Morgan fingerprint density at radius 1 is 1.75 bits per heavy atom. The van der Waals surface area contributed by atoms with Gasteiger partial charge in [-0.15, -0.1) is 0 Å². The zero-order valence-electron chi connectivity index (χ0n) is 7.43. The van der Waals surface area contributed by atoms with Gasteiger partial charge in [0.05, 0.1) is 12.5 Å². The minimum Gasteiger partial charge on any atom is -0.469 e. The molecule has 12 heavy (non-hydrogen) atoms. The molecule has 1 heterocycles. The number of hydrogen-bond acceptors (Lipinski definition) is 4. The van der Waals surface area contributed by atoms with E-state index in [1.807, 2.05) is 0 Å². The summed E-state index contributed by atoms with van der Waals surface area (Å²) in [6.07, 6.45) is 1.83. The van der Waals surface area contributed by atoms with Gasteiger partial charge in [0, 0.05) is 13.1 Å². The van der Waals surface area contributed by atoms with Gasteiger partial charge in [-0.3, -0.25) is 4.79 Å². The maximum absolute atomic E-state index is 11.4. The van der Waals surface area contributed by atoms with Crippen LogP contribution in [0.25, 0.3) is 0 Å². The van der Waals surface area contributed by atoms with Crippen molar-refractivity contribution in [1.82, 2.24) is 5.32 Å². The van der Waals surface area contributed by atoms with Crippen molar-refractivity contribution in [3.63, 3.8) is 0 Å². The molecule has 1 aliphatic rings. The molecule has 4 nitrogen and oxygen atoms in total. The lowest BCUT2D eigenvalue weighted by molar-refractivity contribution is -0.153. The number of hydrogen-bond donors (Lipinski definition) is 2. The van der Waals surface area contributed by atoms with Crippen LogP contribution in [0.2, 0.25) is 0 Å². The van der Waals surface area contributed by atoms with Crippen LogP contribution in [0.4, 0.5) is 0 Å². The summed E-state index contributed by atoms with van der Waals surface area (Å²) in [5, 5.41) is 3.16. The Bertz CT molecular complexity index is 164. The number of nitrogens with one attached hydrogen (secondary N) is 1. The van der Waals surface area contributed by atoms with Gasteiger partial charge in [-0.25, -0.2) is 0 Å². The van der Waals surface area contributed by atoms with E-state index in [1.165, 1.54) is 7.11 Å². The third-order valence-corrected chi connectivity index (χ3v) is 2.48. The Labute approximate surface area is 72.5 Å². The average Bonchev–Trinajstić information content (AvgIpc) is 2.17. The second-order valence-electron chi connectivity index (χ2n) is 3.26. The van der Waals surface area contributed by atoms with Crippen LogP contribution in [0.3, 0.4) is 0 Å². The largest absolute Gasteiger partial charge is 0.469 e. The van der Waals surface area contributed by atoms with Crippen molar-refractivity contribution < 1.29 is 9.53 Å². The van der Waals surface area contributed by atoms with Crippen molar-refractivity contribution in [2.24, 2.45) is 11.1 Å². The molecule has 0 aromatic rings. The Kier molecular flexibility index (Phi) is 3.05. The zero-order chi connectivity index (χ0) is 9.03. The fraction of sp³-hybridized carbons (Fsp3) is 0.875. The third kappa shape index (κ3) is 1.59. The van der Waals surface area contributed by atoms with Crippen LogP contribution in [0, 0.1) is 5.41 Å². The highest BCUT2D eigenvalue weighted by atomic mass is 16.5. The summed E-state index contributed by atoms with van der Waals surface area (Å²) in [4.78, 5) is 11.4. The molecule has 1 aliphatic heterocycles. The van der Waals surface area contributed by atoms with E-state index in [4.69, 9.17) is 10.5 Å². The average molecular weight is 172 g/mol. The van der Waals surface area contributed by atoms with Gasteiger partial charge >= 0.3 is 5.97 Å². The molecule has 0 aromatic carbocycles. The summed E-state index contributed by atoms with van der Waals surface area (Å²) >= 11 is 0. The third-order valence-electron chi connectivity index (χ3n) is 2.48. The number of carbonyl (C=O) groups excluding carboxylic acids is 1. The normalized spacial score (nSPS) is 29.8. The minimum absolute atomic E-state index is 0.183. The lowest BCUT2D eigenvalue weighted by atomic mass is 9.81. The SMILES string of the molecule is COC(=O)C1(CN)CCCNC1. The molecule has 3 N–H and O–H groups in total. The van der Waals surface area contributed by atoms with E-state index >= 15 is 0 Å². The molecule has 0 radical (unpaired) electrons. The first kappa shape index (κ1) is 9.48. The van der Waals surface area contributed by atoms with Crippen molar-refractivity contribution in [3.05, 3.63) is 0 Å². The molecule has 70 valence electrons. The topological polar surface area (TPSA) is 64.3 Å². The van der Waals surface area contributed by atoms with E-state index in [1.54, 1.807) is 0 Å². The van der Waals surface area contributed by atoms with E-state index in [0.717, 1.165) is 19.4 Å². The van der Waals surface area contributed by atoms with Crippen LogP contribution in [0.15, 0.2) is 0 Å². The highest BCUT2D eigenvalue weighted by Crippen LogP contribution is 2.25. The van der Waals surface area contributed by atoms with E-state index in [0.29, 0.717) is 13.1 Å². The number of nitrogens with two attached hydrogens (primary N) is 1. The van der Waals surface area contributed by atoms with Crippen LogP contribution in [-0.4, -0.2) is 32.7 Å². The first-order valence-electron chi connectivity index (χ1n) is 4.24. The number of esters is 1. The highest BCUT2D eigenvalue weighted by Gasteiger charge is 2.39. The van der Waals surface area contributed by atoms with Crippen molar-refractivity contribution in [2.45, 2.75) is 12.8 Å². The second-order valence-corrected chi connectivity index (χ2v) is 3.26. The molecule has 0 aromatic heterocycles. The predicted molar refractivity (Wildman–Crippen MR) is 45.6 cm³/mol. The van der Waals surface area contributed by atoms with Crippen LogP contribution in [0.5, 0.6) is 0 Å². The lowest BCUT2D eigenvalue weighted by Gasteiger charge is -2.33. The molecular weight excluding hydrogens is 156 g/mol. The van der Waals surface area contributed by atoms with Crippen LogP contribution in [-0.2, 0) is 9.53 Å². The molecule has 0 bridgehead atoms. The smallest absolute Gasteiger partial charge is 0.314 e. The number of methoxy groups -OCH3 is 1. The lowest BCUT2D eigenvalue weighted by Crippen LogP contribution is -2.50. The summed E-state index contributed by atoms with van der Waals surface area (Å²) in [6, 6.07) is 0. The summed E-state index contributed by atoms with van der Waals surface area (Å²) < 4.78 is 4.72. The summed E-state index contributed by atoms with van der Waals surface area (Å²) in [6.45, 7) is 1.99. The van der Waals surface area contributed by atoms with Gasteiger partial charge in [-0.05, 0) is 19.4 Å². The van der Waals surface area contributed by atoms with Gasteiger partial charge in [-0.2, -0.15) is 0 Å². The quantitative estimate of drug-likeness (QED) is 0.550. The van der Waals surface area contributed by atoms with Gasteiger partial charge in [0.1, 0.15) is 0 Å². The van der Waals surface area contributed by atoms with Crippen LogP contribution < -0.4 is 11.1 Å². The first-order chi connectivity index (χ1) is 5.75. The molecule has 0 saturated carbocycles. The molecule has 4 heteroatoms. The minimum atomic E-state index is -0.465. The zero-order valence-corrected chi connectivity index (χ0v) is 7.43. The molecular formula is C8H16N2O2. The van der Waals surface area contributed by atoms with Gasteiger partial charge in [-0.1, -0.05) is 0 Å². The van der Waals surface area contributed by atoms with Gasteiger partial charge in [0.2, 0.25) is 0 Å². The molecule has 1 rings (SSSR count). The maximum Gasteiger partial charge on any atom is 0.314 e. The van der Waals surface area contributed by atoms with Crippen molar-refractivity contribution >= 4 is 5.97 Å². The number of rotatable bonds is 2. The second kappa shape index (κ2) is 3.87. The molecule has 1 unspecified atom stereocenters. The molecule has 1 atom stereocenters. The highest BCUT2D eigenvalue weighted by molar-refractivity contribution is 5.77. The van der Waals surface area contributed by atoms with Crippen molar-refractivity contribution in [1.29, 1.82) is 0 Å². The van der Waals surface area contributed by atoms with Gasteiger partial charge < -0.3 is 15.8 Å². The standard InChI is InChI=1S/C8H16N2O2/c1-12-7(11)8(5-9)3-2-4-10-6-8/h10H,2-6,9H2,1H3. The Hall–Kier alpha value is -0.610.